The first-order chi connectivity index (χ1) is 15.6. The number of aromatic nitrogens is 2. The molecule has 5 rings (SSSR count). The Balaban J connectivity index is 1.30. The summed E-state index contributed by atoms with van der Waals surface area (Å²) in [4.78, 5) is 19.3. The van der Waals surface area contributed by atoms with Gasteiger partial charge in [0, 0.05) is 55.2 Å². The molecule has 3 heterocycles. The average molecular weight is 453 g/mol. The third kappa shape index (κ3) is 4.02. The zero-order chi connectivity index (χ0) is 22.1. The molecule has 8 heteroatoms. The molecule has 2 aliphatic heterocycles. The molecule has 0 bridgehead atoms. The Labute approximate surface area is 193 Å². The summed E-state index contributed by atoms with van der Waals surface area (Å²) >= 11 is 6.23. The molecular formula is C24H29ClN6O. The summed E-state index contributed by atoms with van der Waals surface area (Å²) in [5.41, 5.74) is 3.42. The van der Waals surface area contributed by atoms with Gasteiger partial charge >= 0.3 is 0 Å². The van der Waals surface area contributed by atoms with E-state index in [0.29, 0.717) is 22.1 Å². The molecule has 0 aliphatic carbocycles. The summed E-state index contributed by atoms with van der Waals surface area (Å²) in [6.45, 7) is 8.03. The molecule has 0 spiro atoms. The van der Waals surface area contributed by atoms with Crippen LogP contribution in [0, 0.1) is 0 Å². The van der Waals surface area contributed by atoms with Crippen LogP contribution in [0.1, 0.15) is 19.8 Å². The minimum absolute atomic E-state index is 0.213. The Hall–Kier alpha value is -2.77. The Bertz CT molecular complexity index is 1150. The standard InChI is InChI=1S/C24H29ClN6O/c1-2-31(22-7-4-10-26-22)19-6-3-5-17(15-19)29-11-13-30(14-12-29)18-8-9-20-21(16-18)23(25)27-28-24(20)32/h3,5-6,8-9,15-16,22,26H,2,4,7,10-14H2,1H3,(H,28,32). The van der Waals surface area contributed by atoms with Gasteiger partial charge in [-0.3, -0.25) is 10.1 Å². The van der Waals surface area contributed by atoms with Gasteiger partial charge in [0.25, 0.3) is 5.56 Å². The van der Waals surface area contributed by atoms with E-state index in [2.05, 4.69) is 61.4 Å². The van der Waals surface area contributed by atoms with Crippen LogP contribution >= 0.6 is 11.6 Å². The number of aromatic amines is 1. The number of hydrogen-bond donors (Lipinski definition) is 2. The Kier molecular flexibility index (Phi) is 5.93. The van der Waals surface area contributed by atoms with Crippen molar-refractivity contribution in [3.63, 3.8) is 0 Å². The summed E-state index contributed by atoms with van der Waals surface area (Å²) in [6, 6.07) is 14.7. The predicted octanol–water partition coefficient (Wildman–Crippen LogP) is 3.44. The molecule has 2 fully saturated rings. The lowest BCUT2D eigenvalue weighted by atomic mass is 10.1. The fraction of sp³-hybridized carbons (Fsp3) is 0.417. The number of benzene rings is 2. The number of anilines is 3. The molecule has 1 unspecified atom stereocenters. The summed E-state index contributed by atoms with van der Waals surface area (Å²) < 4.78 is 0. The molecule has 0 saturated carbocycles. The van der Waals surface area contributed by atoms with Gasteiger partial charge in [0.1, 0.15) is 0 Å². The number of nitrogens with one attached hydrogen (secondary N) is 2. The van der Waals surface area contributed by atoms with Crippen molar-refractivity contribution in [2.75, 3.05) is 54.0 Å². The van der Waals surface area contributed by atoms with E-state index in [1.54, 1.807) is 0 Å². The second-order valence-electron chi connectivity index (χ2n) is 8.47. The number of H-pyrrole nitrogens is 1. The van der Waals surface area contributed by atoms with E-state index < -0.39 is 0 Å². The highest BCUT2D eigenvalue weighted by Crippen LogP contribution is 2.29. The summed E-state index contributed by atoms with van der Waals surface area (Å²) in [7, 11) is 0. The number of halogens is 1. The maximum atomic E-state index is 12.0. The van der Waals surface area contributed by atoms with Crippen molar-refractivity contribution in [1.29, 1.82) is 0 Å². The predicted molar refractivity (Wildman–Crippen MR) is 132 cm³/mol. The van der Waals surface area contributed by atoms with Gasteiger partial charge in [0.15, 0.2) is 5.15 Å². The lowest BCUT2D eigenvalue weighted by Crippen LogP contribution is -2.46. The number of rotatable bonds is 5. The van der Waals surface area contributed by atoms with E-state index in [1.807, 2.05) is 18.2 Å². The van der Waals surface area contributed by atoms with Crippen LogP contribution in [0.5, 0.6) is 0 Å². The van der Waals surface area contributed by atoms with Gasteiger partial charge in [-0.2, -0.15) is 5.10 Å². The molecule has 0 amide bonds. The lowest BCUT2D eigenvalue weighted by Gasteiger charge is -2.38. The average Bonchev–Trinajstić information content (AvgIpc) is 3.37. The zero-order valence-corrected chi connectivity index (χ0v) is 19.1. The number of nitrogens with zero attached hydrogens (tertiary/aromatic N) is 4. The third-order valence-electron chi connectivity index (χ3n) is 6.65. The summed E-state index contributed by atoms with van der Waals surface area (Å²) in [5.74, 6) is 0. The molecule has 3 aromatic rings. The van der Waals surface area contributed by atoms with Crippen molar-refractivity contribution < 1.29 is 0 Å². The molecule has 0 radical (unpaired) electrons. The fourth-order valence-corrected chi connectivity index (χ4v) is 5.12. The van der Waals surface area contributed by atoms with Crippen molar-refractivity contribution in [2.45, 2.75) is 25.9 Å². The molecule has 2 aromatic carbocycles. The number of hydrogen-bond acceptors (Lipinski definition) is 6. The van der Waals surface area contributed by atoms with Gasteiger partial charge in [-0.15, -0.1) is 0 Å². The Morgan fingerprint density at radius 2 is 1.81 bits per heavy atom. The SMILES string of the molecule is CCN(c1cccc(N2CCN(c3ccc4c(=O)[nH]nc(Cl)c4c3)CC2)c1)C1CCCN1. The zero-order valence-electron chi connectivity index (χ0n) is 18.4. The third-order valence-corrected chi connectivity index (χ3v) is 6.94. The highest BCUT2D eigenvalue weighted by molar-refractivity contribution is 6.34. The molecule has 1 aromatic heterocycles. The van der Waals surface area contributed by atoms with Crippen LogP contribution in [-0.2, 0) is 0 Å². The van der Waals surface area contributed by atoms with E-state index in [1.165, 1.54) is 24.2 Å². The maximum absolute atomic E-state index is 12.0. The van der Waals surface area contributed by atoms with Gasteiger partial charge in [0.2, 0.25) is 0 Å². The second-order valence-corrected chi connectivity index (χ2v) is 8.82. The highest BCUT2D eigenvalue weighted by Gasteiger charge is 2.23. The highest BCUT2D eigenvalue weighted by atomic mass is 35.5. The van der Waals surface area contributed by atoms with Crippen LogP contribution in [-0.4, -0.2) is 55.6 Å². The topological polar surface area (TPSA) is 67.5 Å². The van der Waals surface area contributed by atoms with Crippen molar-refractivity contribution in [3.05, 3.63) is 58.0 Å². The molecule has 2 aliphatic rings. The van der Waals surface area contributed by atoms with Gasteiger partial charge in [0.05, 0.1) is 11.6 Å². The van der Waals surface area contributed by atoms with Gasteiger partial charge in [-0.05, 0) is 62.7 Å². The molecule has 1 atom stereocenters. The summed E-state index contributed by atoms with van der Waals surface area (Å²) in [6.07, 6.45) is 2.88. The van der Waals surface area contributed by atoms with Crippen LogP contribution in [0.4, 0.5) is 17.1 Å². The van der Waals surface area contributed by atoms with Crippen LogP contribution in [0.3, 0.4) is 0 Å². The van der Waals surface area contributed by atoms with E-state index in [0.717, 1.165) is 45.0 Å². The monoisotopic (exact) mass is 452 g/mol. The first-order valence-electron chi connectivity index (χ1n) is 11.4. The molecule has 2 saturated heterocycles. The molecule has 2 N–H and O–H groups in total. The van der Waals surface area contributed by atoms with Crippen molar-refractivity contribution in [3.8, 4) is 0 Å². The van der Waals surface area contributed by atoms with E-state index in [-0.39, 0.29) is 5.56 Å². The van der Waals surface area contributed by atoms with Crippen LogP contribution in [0.15, 0.2) is 47.3 Å². The smallest absolute Gasteiger partial charge is 0.272 e. The normalized spacial score (nSPS) is 19.0. The minimum Gasteiger partial charge on any atom is -0.368 e. The molecule has 168 valence electrons. The van der Waals surface area contributed by atoms with Crippen molar-refractivity contribution >= 4 is 39.4 Å². The van der Waals surface area contributed by atoms with Crippen LogP contribution < -0.4 is 25.6 Å². The quantitative estimate of drug-likeness (QED) is 0.618. The Morgan fingerprint density at radius 3 is 2.50 bits per heavy atom. The molecule has 32 heavy (non-hydrogen) atoms. The fourth-order valence-electron chi connectivity index (χ4n) is 4.92. The maximum Gasteiger partial charge on any atom is 0.272 e. The first kappa shape index (κ1) is 21.1. The Morgan fingerprint density at radius 1 is 1.06 bits per heavy atom. The van der Waals surface area contributed by atoms with E-state index in [9.17, 15) is 4.79 Å². The van der Waals surface area contributed by atoms with Crippen molar-refractivity contribution in [1.82, 2.24) is 15.5 Å². The van der Waals surface area contributed by atoms with Crippen molar-refractivity contribution in [2.24, 2.45) is 0 Å². The van der Waals surface area contributed by atoms with Crippen LogP contribution in [0.2, 0.25) is 5.15 Å². The van der Waals surface area contributed by atoms with Crippen LogP contribution in [0.25, 0.3) is 10.8 Å². The molecule has 7 nitrogen and oxygen atoms in total. The minimum atomic E-state index is -0.213. The molecular weight excluding hydrogens is 424 g/mol. The second kappa shape index (κ2) is 9.00. The lowest BCUT2D eigenvalue weighted by molar-refractivity contribution is 0.567. The van der Waals surface area contributed by atoms with Gasteiger partial charge in [-0.1, -0.05) is 17.7 Å². The van der Waals surface area contributed by atoms with Gasteiger partial charge < -0.3 is 14.7 Å². The van der Waals surface area contributed by atoms with E-state index >= 15 is 0 Å². The largest absolute Gasteiger partial charge is 0.368 e. The summed E-state index contributed by atoms with van der Waals surface area (Å²) in [5, 5.41) is 11.5. The number of fused-ring (bicyclic) bond motifs is 1. The number of piperazine rings is 1. The first-order valence-corrected chi connectivity index (χ1v) is 11.8. The van der Waals surface area contributed by atoms with E-state index in [4.69, 9.17) is 11.6 Å². The van der Waals surface area contributed by atoms with Gasteiger partial charge in [-0.25, -0.2) is 5.10 Å².